The first kappa shape index (κ1) is 20.4. The van der Waals surface area contributed by atoms with E-state index in [4.69, 9.17) is 25.8 Å². The van der Waals surface area contributed by atoms with Crippen molar-refractivity contribution in [3.05, 3.63) is 46.9 Å². The van der Waals surface area contributed by atoms with Crippen molar-refractivity contribution in [2.75, 3.05) is 25.6 Å². The van der Waals surface area contributed by atoms with Crippen LogP contribution in [0.25, 0.3) is 0 Å². The number of methoxy groups -OCH3 is 1. The van der Waals surface area contributed by atoms with E-state index in [1.807, 2.05) is 38.1 Å². The summed E-state index contributed by atoms with van der Waals surface area (Å²) in [6.45, 7) is 5.78. The van der Waals surface area contributed by atoms with E-state index >= 15 is 0 Å². The van der Waals surface area contributed by atoms with Crippen molar-refractivity contribution >= 4 is 17.4 Å². The molecule has 0 bridgehead atoms. The second-order valence-electron chi connectivity index (χ2n) is 5.59. The van der Waals surface area contributed by atoms with Crippen LogP contribution >= 0.6 is 11.6 Å². The van der Waals surface area contributed by atoms with Crippen LogP contribution in [0, 0.1) is 0 Å². The zero-order chi connectivity index (χ0) is 18.8. The van der Waals surface area contributed by atoms with Gasteiger partial charge in [0.05, 0.1) is 7.11 Å². The predicted molar refractivity (Wildman–Crippen MR) is 103 cm³/mol. The SMILES string of the molecule is CCOC(CCc1cnc(Cl)nc1NCc1ccc(OC)cc1)OCC. The van der Waals surface area contributed by atoms with Gasteiger partial charge in [0.25, 0.3) is 0 Å². The minimum atomic E-state index is -0.227. The van der Waals surface area contributed by atoms with Crippen LogP contribution in [0.2, 0.25) is 5.28 Å². The second kappa shape index (κ2) is 11.0. The van der Waals surface area contributed by atoms with Crippen LogP contribution in [-0.4, -0.2) is 36.6 Å². The molecule has 142 valence electrons. The largest absolute Gasteiger partial charge is 0.497 e. The minimum Gasteiger partial charge on any atom is -0.497 e. The first-order chi connectivity index (χ1) is 12.7. The fraction of sp³-hybridized carbons (Fsp3) is 0.474. The van der Waals surface area contributed by atoms with E-state index in [-0.39, 0.29) is 11.6 Å². The number of aryl methyl sites for hydroxylation is 1. The molecule has 0 saturated carbocycles. The number of halogens is 1. The summed E-state index contributed by atoms with van der Waals surface area (Å²) in [6, 6.07) is 7.88. The van der Waals surface area contributed by atoms with Crippen LogP contribution in [0.4, 0.5) is 5.82 Å². The van der Waals surface area contributed by atoms with Gasteiger partial charge in [0.1, 0.15) is 11.6 Å². The molecule has 1 aromatic carbocycles. The number of aromatic nitrogens is 2. The van der Waals surface area contributed by atoms with E-state index in [1.54, 1.807) is 13.3 Å². The molecule has 26 heavy (non-hydrogen) atoms. The van der Waals surface area contributed by atoms with Crippen LogP contribution in [-0.2, 0) is 22.4 Å². The Morgan fingerprint density at radius 2 is 1.81 bits per heavy atom. The summed E-state index contributed by atoms with van der Waals surface area (Å²) in [6.07, 6.45) is 2.98. The van der Waals surface area contributed by atoms with Gasteiger partial charge in [-0.3, -0.25) is 0 Å². The number of nitrogens with one attached hydrogen (secondary N) is 1. The zero-order valence-corrected chi connectivity index (χ0v) is 16.3. The third-order valence-corrected chi connectivity index (χ3v) is 3.99. The summed E-state index contributed by atoms with van der Waals surface area (Å²) in [7, 11) is 1.65. The zero-order valence-electron chi connectivity index (χ0n) is 15.5. The average Bonchev–Trinajstić information content (AvgIpc) is 2.66. The van der Waals surface area contributed by atoms with E-state index in [9.17, 15) is 0 Å². The lowest BCUT2D eigenvalue weighted by molar-refractivity contribution is -0.139. The summed E-state index contributed by atoms with van der Waals surface area (Å²) in [5.41, 5.74) is 2.10. The third-order valence-electron chi connectivity index (χ3n) is 3.81. The molecule has 0 amide bonds. The summed E-state index contributed by atoms with van der Waals surface area (Å²) in [4.78, 5) is 8.43. The topological polar surface area (TPSA) is 65.5 Å². The second-order valence-corrected chi connectivity index (χ2v) is 5.93. The Kier molecular flexibility index (Phi) is 8.61. The van der Waals surface area contributed by atoms with Gasteiger partial charge in [-0.1, -0.05) is 12.1 Å². The molecule has 0 aliphatic heterocycles. The summed E-state index contributed by atoms with van der Waals surface area (Å²) >= 11 is 5.97. The number of rotatable bonds is 11. The third kappa shape index (κ3) is 6.44. The molecule has 7 heteroatoms. The van der Waals surface area contributed by atoms with Crippen LogP contribution in [0.1, 0.15) is 31.4 Å². The van der Waals surface area contributed by atoms with Crippen molar-refractivity contribution in [3.8, 4) is 5.75 Å². The Morgan fingerprint density at radius 3 is 2.42 bits per heavy atom. The number of hydrogen-bond donors (Lipinski definition) is 1. The molecule has 2 rings (SSSR count). The smallest absolute Gasteiger partial charge is 0.224 e. The summed E-state index contributed by atoms with van der Waals surface area (Å²) in [5, 5.41) is 3.56. The Labute approximate surface area is 159 Å². The maximum absolute atomic E-state index is 5.97. The number of anilines is 1. The van der Waals surface area contributed by atoms with Gasteiger partial charge in [0.2, 0.25) is 5.28 Å². The van der Waals surface area contributed by atoms with E-state index in [2.05, 4.69) is 15.3 Å². The van der Waals surface area contributed by atoms with Crippen molar-refractivity contribution in [2.45, 2.75) is 39.5 Å². The van der Waals surface area contributed by atoms with Crippen LogP contribution < -0.4 is 10.1 Å². The molecule has 0 aliphatic rings. The van der Waals surface area contributed by atoms with Crippen molar-refractivity contribution in [3.63, 3.8) is 0 Å². The first-order valence-electron chi connectivity index (χ1n) is 8.77. The minimum absolute atomic E-state index is 0.220. The molecule has 0 radical (unpaired) electrons. The van der Waals surface area contributed by atoms with E-state index < -0.39 is 0 Å². The molecule has 0 unspecified atom stereocenters. The lowest BCUT2D eigenvalue weighted by Crippen LogP contribution is -2.18. The highest BCUT2D eigenvalue weighted by atomic mass is 35.5. The molecule has 0 aliphatic carbocycles. The first-order valence-corrected chi connectivity index (χ1v) is 9.15. The van der Waals surface area contributed by atoms with Gasteiger partial charge in [-0.05, 0) is 49.6 Å². The lowest BCUT2D eigenvalue weighted by atomic mass is 10.1. The van der Waals surface area contributed by atoms with Crippen molar-refractivity contribution in [1.82, 2.24) is 9.97 Å². The highest BCUT2D eigenvalue weighted by Gasteiger charge is 2.12. The summed E-state index contributed by atoms with van der Waals surface area (Å²) in [5.74, 6) is 1.56. The molecule has 1 N–H and O–H groups in total. The summed E-state index contributed by atoms with van der Waals surface area (Å²) < 4.78 is 16.4. The maximum atomic E-state index is 5.97. The quantitative estimate of drug-likeness (QED) is 0.468. The van der Waals surface area contributed by atoms with Crippen molar-refractivity contribution in [2.24, 2.45) is 0 Å². The van der Waals surface area contributed by atoms with E-state index in [0.29, 0.717) is 19.8 Å². The molecule has 6 nitrogen and oxygen atoms in total. The molecule has 2 aromatic rings. The molecule has 0 atom stereocenters. The Balaban J connectivity index is 2.01. The average molecular weight is 380 g/mol. The van der Waals surface area contributed by atoms with E-state index in [1.165, 1.54) is 0 Å². The van der Waals surface area contributed by atoms with Gasteiger partial charge >= 0.3 is 0 Å². The van der Waals surface area contributed by atoms with Gasteiger partial charge in [-0.2, -0.15) is 0 Å². The fourth-order valence-electron chi connectivity index (χ4n) is 2.51. The monoisotopic (exact) mass is 379 g/mol. The van der Waals surface area contributed by atoms with Gasteiger partial charge in [-0.15, -0.1) is 0 Å². The van der Waals surface area contributed by atoms with Crippen molar-refractivity contribution < 1.29 is 14.2 Å². The molecule has 1 heterocycles. The highest BCUT2D eigenvalue weighted by Crippen LogP contribution is 2.19. The van der Waals surface area contributed by atoms with Crippen molar-refractivity contribution in [1.29, 1.82) is 0 Å². The number of nitrogens with zero attached hydrogens (tertiary/aromatic N) is 2. The van der Waals surface area contributed by atoms with Crippen LogP contribution in [0.3, 0.4) is 0 Å². The lowest BCUT2D eigenvalue weighted by Gasteiger charge is -2.17. The molecular formula is C19H26ClN3O3. The molecule has 0 spiro atoms. The normalized spacial score (nSPS) is 11.0. The van der Waals surface area contributed by atoms with Crippen LogP contribution in [0.15, 0.2) is 30.5 Å². The van der Waals surface area contributed by atoms with Gasteiger partial charge in [-0.25, -0.2) is 9.97 Å². The van der Waals surface area contributed by atoms with E-state index in [0.717, 1.165) is 35.5 Å². The Bertz CT molecular complexity index is 662. The molecule has 1 aromatic heterocycles. The molecule has 0 saturated heterocycles. The number of hydrogen-bond acceptors (Lipinski definition) is 6. The number of benzene rings is 1. The number of ether oxygens (including phenoxy) is 3. The molecular weight excluding hydrogens is 354 g/mol. The van der Waals surface area contributed by atoms with Crippen LogP contribution in [0.5, 0.6) is 5.75 Å². The maximum Gasteiger partial charge on any atom is 0.224 e. The molecule has 0 fully saturated rings. The fourth-order valence-corrected chi connectivity index (χ4v) is 2.64. The highest BCUT2D eigenvalue weighted by molar-refractivity contribution is 6.28. The predicted octanol–water partition coefficient (Wildman–Crippen LogP) is 4.08. The van der Waals surface area contributed by atoms with Gasteiger partial charge in [0, 0.05) is 37.9 Å². The standard InChI is InChI=1S/C19H26ClN3O3/c1-4-25-17(26-5-2)11-8-15-13-22-19(20)23-18(15)21-12-14-6-9-16(24-3)10-7-14/h6-7,9-10,13,17H,4-5,8,11-12H2,1-3H3,(H,21,22,23). The Hall–Kier alpha value is -1.89. The van der Waals surface area contributed by atoms with Gasteiger partial charge < -0.3 is 19.5 Å². The van der Waals surface area contributed by atoms with Gasteiger partial charge in [0.15, 0.2) is 6.29 Å². The Morgan fingerprint density at radius 1 is 1.12 bits per heavy atom.